The molecule has 1 aliphatic heterocycles. The van der Waals surface area contributed by atoms with Gasteiger partial charge in [-0.1, -0.05) is 11.3 Å². The Labute approximate surface area is 107 Å². The number of hydrogen-bond donors (Lipinski definition) is 1. The fourth-order valence-corrected chi connectivity index (χ4v) is 2.44. The highest BCUT2D eigenvalue weighted by Crippen LogP contribution is 2.22. The third-order valence-electron chi connectivity index (χ3n) is 2.75. The summed E-state index contributed by atoms with van der Waals surface area (Å²) >= 11 is 1.04. The lowest BCUT2D eigenvalue weighted by Crippen LogP contribution is -2.36. The number of amides is 2. The second kappa shape index (κ2) is 4.83. The van der Waals surface area contributed by atoms with Crippen LogP contribution in [0.25, 0.3) is 0 Å². The van der Waals surface area contributed by atoms with Crippen LogP contribution in [0, 0.1) is 10.1 Å². The van der Waals surface area contributed by atoms with Crippen molar-refractivity contribution in [1.82, 2.24) is 10.2 Å². The largest absolute Gasteiger partial charge is 0.324 e. The molecule has 8 heteroatoms. The van der Waals surface area contributed by atoms with Gasteiger partial charge in [-0.15, -0.1) is 0 Å². The number of nitrogens with zero attached hydrogens (tertiary/aromatic N) is 2. The number of likely N-dealkylation sites (N-methyl/N-ethyl adjacent to an activating group) is 1. The molecule has 1 fully saturated rings. The van der Waals surface area contributed by atoms with E-state index >= 15 is 0 Å². The highest BCUT2D eigenvalue weighted by molar-refractivity contribution is 7.13. The van der Waals surface area contributed by atoms with Gasteiger partial charge in [0.25, 0.3) is 0 Å². The Kier molecular flexibility index (Phi) is 3.39. The van der Waals surface area contributed by atoms with Crippen LogP contribution in [-0.2, 0) is 16.1 Å². The molecule has 0 radical (unpaired) electrons. The van der Waals surface area contributed by atoms with Crippen molar-refractivity contribution in [3.8, 4) is 0 Å². The molecule has 0 aliphatic carbocycles. The molecule has 7 nitrogen and oxygen atoms in total. The van der Waals surface area contributed by atoms with Crippen molar-refractivity contribution < 1.29 is 14.5 Å². The van der Waals surface area contributed by atoms with E-state index < -0.39 is 11.0 Å². The lowest BCUT2D eigenvalue weighted by molar-refractivity contribution is -0.380. The van der Waals surface area contributed by atoms with Crippen molar-refractivity contribution in [2.75, 3.05) is 7.05 Å². The predicted octanol–water partition coefficient (Wildman–Crippen LogP) is 0.503. The van der Waals surface area contributed by atoms with Gasteiger partial charge in [-0.2, -0.15) is 0 Å². The molecule has 0 aromatic carbocycles. The molecule has 0 saturated carbocycles. The minimum atomic E-state index is -0.526. The molecule has 1 saturated heterocycles. The Balaban J connectivity index is 1.94. The van der Waals surface area contributed by atoms with Gasteiger partial charge in [-0.25, -0.2) is 0 Å². The van der Waals surface area contributed by atoms with E-state index in [9.17, 15) is 19.7 Å². The van der Waals surface area contributed by atoms with Gasteiger partial charge in [0.05, 0.1) is 17.4 Å². The van der Waals surface area contributed by atoms with Crippen molar-refractivity contribution >= 4 is 28.2 Å². The molecule has 0 bridgehead atoms. The van der Waals surface area contributed by atoms with Crippen LogP contribution in [-0.4, -0.2) is 34.7 Å². The molecule has 1 aromatic heterocycles. The lowest BCUT2D eigenvalue weighted by Gasteiger charge is -2.09. The third kappa shape index (κ3) is 2.39. The van der Waals surface area contributed by atoms with Crippen molar-refractivity contribution in [2.24, 2.45) is 0 Å². The fraction of sp³-hybridized carbons (Fsp3) is 0.400. The lowest BCUT2D eigenvalue weighted by atomic mass is 10.2. The molecule has 96 valence electrons. The molecule has 0 spiro atoms. The van der Waals surface area contributed by atoms with Crippen LogP contribution in [0.5, 0.6) is 0 Å². The molecular weight excluding hydrogens is 258 g/mol. The van der Waals surface area contributed by atoms with E-state index in [-0.39, 0.29) is 23.2 Å². The number of imide groups is 1. The number of likely N-dealkylation sites (tertiary alicyclic amines) is 1. The van der Waals surface area contributed by atoms with Crippen LogP contribution in [0.4, 0.5) is 5.00 Å². The fourth-order valence-electron chi connectivity index (χ4n) is 1.71. The number of thiophene rings is 1. The minimum Gasteiger partial charge on any atom is -0.301 e. The smallest absolute Gasteiger partial charge is 0.301 e. The summed E-state index contributed by atoms with van der Waals surface area (Å²) in [6, 6.07) is 0.935. The first-order valence-electron chi connectivity index (χ1n) is 5.24. The zero-order chi connectivity index (χ0) is 13.3. The second-order valence-electron chi connectivity index (χ2n) is 3.98. The molecule has 18 heavy (non-hydrogen) atoms. The minimum absolute atomic E-state index is 0.0674. The van der Waals surface area contributed by atoms with E-state index in [0.29, 0.717) is 6.54 Å². The summed E-state index contributed by atoms with van der Waals surface area (Å²) in [5.74, 6) is -0.474. The van der Waals surface area contributed by atoms with Gasteiger partial charge >= 0.3 is 5.00 Å². The maximum absolute atomic E-state index is 11.6. The first-order chi connectivity index (χ1) is 8.49. The first-order valence-corrected chi connectivity index (χ1v) is 6.12. The maximum Gasteiger partial charge on any atom is 0.324 e. The van der Waals surface area contributed by atoms with E-state index in [4.69, 9.17) is 0 Å². The van der Waals surface area contributed by atoms with Crippen LogP contribution in [0.1, 0.15) is 12.0 Å². The number of nitro groups is 1. The Morgan fingerprint density at radius 1 is 1.61 bits per heavy atom. The van der Waals surface area contributed by atoms with E-state index in [0.717, 1.165) is 21.8 Å². The molecule has 1 aliphatic rings. The molecule has 1 atom stereocenters. The summed E-state index contributed by atoms with van der Waals surface area (Å²) in [7, 11) is 1.45. The van der Waals surface area contributed by atoms with Gasteiger partial charge in [0.1, 0.15) is 0 Å². The zero-order valence-corrected chi connectivity index (χ0v) is 10.4. The van der Waals surface area contributed by atoms with Crippen LogP contribution >= 0.6 is 11.3 Å². The molecule has 1 aromatic rings. The third-order valence-corrected chi connectivity index (χ3v) is 3.68. The average Bonchev–Trinajstić information content (AvgIpc) is 2.88. The molecule has 2 heterocycles. The zero-order valence-electron chi connectivity index (χ0n) is 9.58. The van der Waals surface area contributed by atoms with Gasteiger partial charge in [-0.3, -0.25) is 24.6 Å². The highest BCUT2D eigenvalue weighted by atomic mass is 32.1. The number of carbonyl (C=O) groups excluding carboxylic acids is 2. The van der Waals surface area contributed by atoms with Gasteiger partial charge in [0.2, 0.25) is 11.8 Å². The average molecular weight is 269 g/mol. The second-order valence-corrected chi connectivity index (χ2v) is 4.87. The normalized spacial score (nSPS) is 19.6. The number of rotatable bonds is 4. The Morgan fingerprint density at radius 3 is 2.83 bits per heavy atom. The van der Waals surface area contributed by atoms with Crippen molar-refractivity contribution in [3.05, 3.63) is 27.1 Å². The van der Waals surface area contributed by atoms with E-state index in [1.165, 1.54) is 13.1 Å². The van der Waals surface area contributed by atoms with Crippen molar-refractivity contribution in [2.45, 2.75) is 19.0 Å². The van der Waals surface area contributed by atoms with Gasteiger partial charge in [0, 0.05) is 25.0 Å². The van der Waals surface area contributed by atoms with Crippen molar-refractivity contribution in [3.63, 3.8) is 0 Å². The number of hydrogen-bond acceptors (Lipinski definition) is 6. The maximum atomic E-state index is 11.6. The molecule has 2 amide bonds. The molecule has 2 rings (SSSR count). The van der Waals surface area contributed by atoms with Crippen LogP contribution < -0.4 is 5.32 Å². The summed E-state index contributed by atoms with van der Waals surface area (Å²) in [6.07, 6.45) is 0.140. The number of nitrogens with one attached hydrogen (secondary N) is 1. The van der Waals surface area contributed by atoms with Crippen molar-refractivity contribution in [1.29, 1.82) is 0 Å². The Bertz CT molecular complexity index is 513. The first kappa shape index (κ1) is 12.7. The van der Waals surface area contributed by atoms with Crippen LogP contribution in [0.3, 0.4) is 0 Å². The van der Waals surface area contributed by atoms with E-state index in [1.54, 1.807) is 5.38 Å². The molecular formula is C10H11N3O4S. The summed E-state index contributed by atoms with van der Waals surface area (Å²) in [5.41, 5.74) is 0.738. The number of carbonyl (C=O) groups is 2. The topological polar surface area (TPSA) is 92.6 Å². The van der Waals surface area contributed by atoms with Gasteiger partial charge in [-0.05, 0) is 5.56 Å². The summed E-state index contributed by atoms with van der Waals surface area (Å²) in [4.78, 5) is 34.0. The van der Waals surface area contributed by atoms with Crippen LogP contribution in [0.15, 0.2) is 11.4 Å². The summed E-state index contributed by atoms with van der Waals surface area (Å²) in [5, 5.41) is 15.2. The summed E-state index contributed by atoms with van der Waals surface area (Å²) in [6.45, 7) is 0.335. The van der Waals surface area contributed by atoms with E-state index in [1.807, 2.05) is 0 Å². The Hall–Kier alpha value is -1.80. The quantitative estimate of drug-likeness (QED) is 0.488. The standard InChI is InChI=1S/C10H11N3O4S/c1-12-8(14)3-7(10(12)15)11-4-6-2-9(13(16)17)18-5-6/h2,5,7,11H,3-4H2,1H3. The van der Waals surface area contributed by atoms with Gasteiger partial charge < -0.3 is 5.32 Å². The molecule has 1 N–H and O–H groups in total. The highest BCUT2D eigenvalue weighted by Gasteiger charge is 2.35. The SMILES string of the molecule is CN1C(=O)CC(NCc2csc([N+](=O)[O-])c2)C1=O. The van der Waals surface area contributed by atoms with Gasteiger partial charge in [0.15, 0.2) is 0 Å². The monoisotopic (exact) mass is 269 g/mol. The predicted molar refractivity (Wildman–Crippen MR) is 64.0 cm³/mol. The van der Waals surface area contributed by atoms with Crippen LogP contribution in [0.2, 0.25) is 0 Å². The van der Waals surface area contributed by atoms with E-state index in [2.05, 4.69) is 5.32 Å². The molecule has 1 unspecified atom stereocenters. The Morgan fingerprint density at radius 2 is 2.33 bits per heavy atom. The summed E-state index contributed by atoms with van der Waals surface area (Å²) < 4.78 is 0.